The van der Waals surface area contributed by atoms with E-state index in [4.69, 9.17) is 0 Å². The second kappa shape index (κ2) is 5.81. The topological polar surface area (TPSA) is 41.6 Å². The third kappa shape index (κ3) is 3.12. The normalized spacial score (nSPS) is 12.3. The summed E-state index contributed by atoms with van der Waals surface area (Å²) in [5.41, 5.74) is 5.65. The van der Waals surface area contributed by atoms with Gasteiger partial charge in [0.1, 0.15) is 6.07 Å². The summed E-state index contributed by atoms with van der Waals surface area (Å²) in [6.07, 6.45) is 3.22. The highest BCUT2D eigenvalue weighted by molar-refractivity contribution is 5.76. The molecule has 0 saturated carbocycles. The molecule has 113 valence electrons. The van der Waals surface area contributed by atoms with Crippen molar-refractivity contribution in [3.63, 3.8) is 0 Å². The standard InChI is InChI=1S/C19H22N3/c1-13-14(2)21-22(6)18(13)11-16(12-20)15-7-9-17(10-8-15)19(3,4)5/h7-10H,1-6H3. The zero-order valence-corrected chi connectivity index (χ0v) is 14.2. The van der Waals surface area contributed by atoms with Gasteiger partial charge in [0.05, 0.1) is 17.0 Å². The van der Waals surface area contributed by atoms with Gasteiger partial charge in [-0.1, -0.05) is 45.0 Å². The lowest BCUT2D eigenvalue weighted by molar-refractivity contribution is 0.590. The van der Waals surface area contributed by atoms with E-state index in [-0.39, 0.29) is 5.41 Å². The molecular weight excluding hydrogens is 270 g/mol. The quantitative estimate of drug-likeness (QED) is 0.782. The number of hydrogen-bond donors (Lipinski definition) is 0. The molecule has 22 heavy (non-hydrogen) atoms. The number of aromatic nitrogens is 2. The molecule has 0 unspecified atom stereocenters. The zero-order valence-electron chi connectivity index (χ0n) is 14.2. The zero-order chi connectivity index (χ0) is 16.5. The molecule has 1 aromatic heterocycles. The second-order valence-corrected chi connectivity index (χ2v) is 6.62. The Hall–Kier alpha value is -2.34. The Morgan fingerprint density at radius 1 is 1.14 bits per heavy atom. The minimum absolute atomic E-state index is 0.106. The van der Waals surface area contributed by atoms with Crippen molar-refractivity contribution in [3.05, 3.63) is 58.4 Å². The maximum Gasteiger partial charge on any atom is 0.100 e. The van der Waals surface area contributed by atoms with Crippen molar-refractivity contribution >= 4 is 5.57 Å². The molecule has 0 saturated heterocycles. The van der Waals surface area contributed by atoms with Crippen molar-refractivity contribution in [2.75, 3.05) is 0 Å². The molecule has 1 aromatic carbocycles. The maximum atomic E-state index is 9.48. The third-order valence-electron chi connectivity index (χ3n) is 3.92. The molecular formula is C19H22N3. The number of allylic oxidation sites excluding steroid dienone is 1. The van der Waals surface area contributed by atoms with Crippen LogP contribution in [0.3, 0.4) is 0 Å². The van der Waals surface area contributed by atoms with Crippen LogP contribution in [0.5, 0.6) is 0 Å². The lowest BCUT2D eigenvalue weighted by Crippen LogP contribution is -2.10. The molecule has 0 spiro atoms. The molecule has 2 rings (SSSR count). The first-order valence-electron chi connectivity index (χ1n) is 7.39. The molecule has 0 bridgehead atoms. The van der Waals surface area contributed by atoms with Gasteiger partial charge in [0.15, 0.2) is 0 Å². The molecule has 0 aliphatic rings. The second-order valence-electron chi connectivity index (χ2n) is 6.62. The first-order valence-corrected chi connectivity index (χ1v) is 7.39. The smallest absolute Gasteiger partial charge is 0.100 e. The Kier molecular flexibility index (Phi) is 4.23. The molecule has 3 nitrogen and oxygen atoms in total. The number of rotatable bonds is 2. The first kappa shape index (κ1) is 16.0. The van der Waals surface area contributed by atoms with Crippen molar-refractivity contribution < 1.29 is 0 Å². The highest BCUT2D eigenvalue weighted by atomic mass is 15.3. The molecule has 0 atom stereocenters. The molecule has 0 aliphatic carbocycles. The molecule has 0 fully saturated rings. The van der Waals surface area contributed by atoms with Crippen LogP contribution in [0.4, 0.5) is 0 Å². The lowest BCUT2D eigenvalue weighted by atomic mass is 9.86. The van der Waals surface area contributed by atoms with Gasteiger partial charge in [-0.25, -0.2) is 0 Å². The molecule has 1 heterocycles. The van der Waals surface area contributed by atoms with E-state index in [2.05, 4.69) is 50.1 Å². The number of nitriles is 1. The van der Waals surface area contributed by atoms with E-state index in [1.54, 1.807) is 4.68 Å². The van der Waals surface area contributed by atoms with E-state index in [1.807, 2.05) is 33.0 Å². The summed E-state index contributed by atoms with van der Waals surface area (Å²) in [4.78, 5) is 0. The van der Waals surface area contributed by atoms with Crippen LogP contribution in [0.1, 0.15) is 48.8 Å². The Balaban J connectivity index is 2.45. The largest absolute Gasteiger partial charge is 0.267 e. The SMILES string of the molecule is Cc1nn(C)c(/[C]=C(/C#N)c2ccc(C(C)(C)C)cc2)c1C. The predicted molar refractivity (Wildman–Crippen MR) is 89.2 cm³/mol. The number of aryl methyl sites for hydroxylation is 2. The molecule has 1 radical (unpaired) electrons. The Morgan fingerprint density at radius 2 is 1.73 bits per heavy atom. The predicted octanol–water partition coefficient (Wildman–Crippen LogP) is 4.09. The summed E-state index contributed by atoms with van der Waals surface area (Å²) in [7, 11) is 1.88. The maximum absolute atomic E-state index is 9.48. The fourth-order valence-corrected chi connectivity index (χ4v) is 2.36. The van der Waals surface area contributed by atoms with Gasteiger partial charge in [-0.2, -0.15) is 10.4 Å². The van der Waals surface area contributed by atoms with Gasteiger partial charge in [-0.3, -0.25) is 4.68 Å². The minimum atomic E-state index is 0.106. The highest BCUT2D eigenvalue weighted by Crippen LogP contribution is 2.25. The van der Waals surface area contributed by atoms with E-state index in [1.165, 1.54) is 5.56 Å². The summed E-state index contributed by atoms with van der Waals surface area (Å²) in [6, 6.07) is 10.4. The minimum Gasteiger partial charge on any atom is -0.267 e. The van der Waals surface area contributed by atoms with Crippen LogP contribution < -0.4 is 0 Å². The van der Waals surface area contributed by atoms with Crippen LogP contribution in [0.15, 0.2) is 24.3 Å². The summed E-state index contributed by atoms with van der Waals surface area (Å²) >= 11 is 0. The summed E-state index contributed by atoms with van der Waals surface area (Å²) < 4.78 is 1.77. The fraction of sp³-hybridized carbons (Fsp3) is 0.368. The fourth-order valence-electron chi connectivity index (χ4n) is 2.36. The summed E-state index contributed by atoms with van der Waals surface area (Å²) in [6.45, 7) is 10.5. The average Bonchev–Trinajstić information content (AvgIpc) is 2.69. The van der Waals surface area contributed by atoms with E-state index in [0.717, 1.165) is 22.5 Å². The van der Waals surface area contributed by atoms with Crippen molar-refractivity contribution in [1.29, 1.82) is 5.26 Å². The van der Waals surface area contributed by atoms with Crippen LogP contribution in [-0.4, -0.2) is 9.78 Å². The Bertz CT molecular complexity index is 748. The van der Waals surface area contributed by atoms with Gasteiger partial charge in [0, 0.05) is 13.1 Å². The Labute approximate surface area is 132 Å². The number of benzene rings is 1. The molecule has 3 heteroatoms. The van der Waals surface area contributed by atoms with E-state index < -0.39 is 0 Å². The molecule has 0 N–H and O–H groups in total. The van der Waals surface area contributed by atoms with Crippen molar-refractivity contribution in [3.8, 4) is 6.07 Å². The van der Waals surface area contributed by atoms with Crippen molar-refractivity contribution in [2.45, 2.75) is 40.0 Å². The van der Waals surface area contributed by atoms with E-state index in [9.17, 15) is 5.26 Å². The van der Waals surface area contributed by atoms with Gasteiger partial charge >= 0.3 is 0 Å². The van der Waals surface area contributed by atoms with Gasteiger partial charge < -0.3 is 0 Å². The molecule has 0 amide bonds. The molecule has 0 aliphatic heterocycles. The average molecular weight is 292 g/mol. The van der Waals surface area contributed by atoms with Crippen molar-refractivity contribution in [1.82, 2.24) is 9.78 Å². The first-order chi connectivity index (χ1) is 10.2. The Morgan fingerprint density at radius 3 is 2.14 bits per heavy atom. The third-order valence-corrected chi connectivity index (χ3v) is 3.92. The van der Waals surface area contributed by atoms with Gasteiger partial charge in [-0.15, -0.1) is 0 Å². The van der Waals surface area contributed by atoms with Crippen LogP contribution in [0.25, 0.3) is 5.57 Å². The van der Waals surface area contributed by atoms with E-state index in [0.29, 0.717) is 5.57 Å². The summed E-state index contributed by atoms with van der Waals surface area (Å²) in [5.74, 6) is 0. The number of hydrogen-bond acceptors (Lipinski definition) is 2. The van der Waals surface area contributed by atoms with Gasteiger partial charge in [0.2, 0.25) is 0 Å². The van der Waals surface area contributed by atoms with Crippen molar-refractivity contribution in [2.24, 2.45) is 7.05 Å². The van der Waals surface area contributed by atoms with E-state index >= 15 is 0 Å². The van der Waals surface area contributed by atoms with Crippen LogP contribution in [0, 0.1) is 31.3 Å². The van der Waals surface area contributed by atoms with Crippen LogP contribution >= 0.6 is 0 Å². The monoisotopic (exact) mass is 292 g/mol. The van der Waals surface area contributed by atoms with Gasteiger partial charge in [0.25, 0.3) is 0 Å². The van der Waals surface area contributed by atoms with Gasteiger partial charge in [-0.05, 0) is 36.0 Å². The highest BCUT2D eigenvalue weighted by Gasteiger charge is 2.14. The lowest BCUT2D eigenvalue weighted by Gasteiger charge is -2.19. The molecule has 2 aromatic rings. The number of nitrogens with zero attached hydrogens (tertiary/aromatic N) is 3. The van der Waals surface area contributed by atoms with Crippen LogP contribution in [0.2, 0.25) is 0 Å². The van der Waals surface area contributed by atoms with Crippen LogP contribution in [-0.2, 0) is 12.5 Å². The summed E-state index contributed by atoms with van der Waals surface area (Å²) in [5, 5.41) is 13.8.